The maximum Gasteiger partial charge on any atom is 0.251 e. The van der Waals surface area contributed by atoms with Crippen molar-refractivity contribution in [2.24, 2.45) is 11.8 Å². The first-order valence-corrected chi connectivity index (χ1v) is 13.1. The molecule has 0 saturated carbocycles. The second kappa shape index (κ2) is 12.0. The van der Waals surface area contributed by atoms with Gasteiger partial charge < -0.3 is 15.0 Å². The smallest absolute Gasteiger partial charge is 0.251 e. The summed E-state index contributed by atoms with van der Waals surface area (Å²) in [5.41, 5.74) is 3.98. The lowest BCUT2D eigenvalue weighted by Gasteiger charge is -2.38. The Morgan fingerprint density at radius 3 is 2.53 bits per heavy atom. The molecule has 2 atom stereocenters. The highest BCUT2D eigenvalue weighted by Crippen LogP contribution is 2.34. The molecule has 0 bridgehead atoms. The molecule has 2 fully saturated rings. The van der Waals surface area contributed by atoms with Gasteiger partial charge in [0.1, 0.15) is 5.82 Å². The lowest BCUT2D eigenvalue weighted by Crippen LogP contribution is -2.46. The van der Waals surface area contributed by atoms with Crippen molar-refractivity contribution in [1.29, 1.82) is 0 Å². The van der Waals surface area contributed by atoms with E-state index >= 15 is 0 Å². The predicted molar refractivity (Wildman–Crippen MR) is 140 cm³/mol. The monoisotopic (exact) mass is 495 g/mol. The third-order valence-corrected chi connectivity index (χ3v) is 7.35. The number of anilines is 1. The fourth-order valence-corrected chi connectivity index (χ4v) is 5.56. The van der Waals surface area contributed by atoms with Crippen LogP contribution in [-0.2, 0) is 16.0 Å². The van der Waals surface area contributed by atoms with E-state index in [0.717, 1.165) is 62.5 Å². The number of ether oxygens (including phenoxy) is 1. The van der Waals surface area contributed by atoms with Gasteiger partial charge in [-0.2, -0.15) is 0 Å². The molecule has 2 heterocycles. The summed E-state index contributed by atoms with van der Waals surface area (Å²) in [6.45, 7) is 11.4. The van der Waals surface area contributed by atoms with Crippen molar-refractivity contribution < 1.29 is 18.7 Å². The molecule has 2 aliphatic heterocycles. The van der Waals surface area contributed by atoms with E-state index in [1.807, 2.05) is 49.9 Å². The first-order valence-electron chi connectivity index (χ1n) is 13.1. The van der Waals surface area contributed by atoms with Crippen LogP contribution in [0.15, 0.2) is 36.4 Å². The van der Waals surface area contributed by atoms with E-state index < -0.39 is 0 Å². The molecule has 2 aliphatic rings. The molecule has 0 aromatic heterocycles. The van der Waals surface area contributed by atoms with Crippen LogP contribution in [0.3, 0.4) is 0 Å². The van der Waals surface area contributed by atoms with Crippen LogP contribution in [-0.4, -0.2) is 62.7 Å². The Hall–Kier alpha value is -2.77. The Kier molecular flexibility index (Phi) is 8.75. The summed E-state index contributed by atoms with van der Waals surface area (Å²) >= 11 is 0. The van der Waals surface area contributed by atoms with E-state index in [1.54, 1.807) is 6.07 Å². The van der Waals surface area contributed by atoms with Gasteiger partial charge in [0.15, 0.2) is 0 Å². The predicted octanol–water partition coefficient (Wildman–Crippen LogP) is 4.13. The first-order chi connectivity index (χ1) is 17.3. The molecule has 2 aromatic carbocycles. The molecule has 2 saturated heterocycles. The molecule has 4 rings (SSSR count). The Morgan fingerprint density at radius 1 is 1.14 bits per heavy atom. The number of hydrogen-bond acceptors (Lipinski definition) is 4. The summed E-state index contributed by atoms with van der Waals surface area (Å²) in [6, 6.07) is 10.6. The SMILES string of the molecule is Cc1cc(C(=O)NCCCN2CCOCC2)cc(C)c1N1C[C@@H](Cc2ccccc2F)C[C@@H](C)C1=O. The average Bonchev–Trinajstić information content (AvgIpc) is 2.86. The summed E-state index contributed by atoms with van der Waals surface area (Å²) in [7, 11) is 0. The highest BCUT2D eigenvalue weighted by molar-refractivity contribution is 5.99. The molecular weight excluding hydrogens is 457 g/mol. The maximum atomic E-state index is 14.3. The first kappa shape index (κ1) is 26.3. The van der Waals surface area contributed by atoms with Crippen molar-refractivity contribution in [3.63, 3.8) is 0 Å². The number of carbonyl (C=O) groups excluding carboxylic acids is 2. The van der Waals surface area contributed by atoms with Gasteiger partial charge in [-0.3, -0.25) is 14.5 Å². The Labute approximate surface area is 213 Å². The number of piperidine rings is 1. The summed E-state index contributed by atoms with van der Waals surface area (Å²) in [6.07, 6.45) is 2.24. The topological polar surface area (TPSA) is 61.9 Å². The van der Waals surface area contributed by atoms with E-state index in [1.165, 1.54) is 6.07 Å². The summed E-state index contributed by atoms with van der Waals surface area (Å²) in [5.74, 6) is -0.162. The lowest BCUT2D eigenvalue weighted by molar-refractivity contribution is -0.124. The van der Waals surface area contributed by atoms with Crippen LogP contribution in [0, 0.1) is 31.5 Å². The van der Waals surface area contributed by atoms with Gasteiger partial charge >= 0.3 is 0 Å². The van der Waals surface area contributed by atoms with Gasteiger partial charge in [-0.25, -0.2) is 4.39 Å². The van der Waals surface area contributed by atoms with Gasteiger partial charge in [0, 0.05) is 43.3 Å². The molecule has 36 heavy (non-hydrogen) atoms. The Balaban J connectivity index is 1.41. The van der Waals surface area contributed by atoms with Crippen LogP contribution in [0.5, 0.6) is 0 Å². The summed E-state index contributed by atoms with van der Waals surface area (Å²) < 4.78 is 19.6. The van der Waals surface area contributed by atoms with E-state index in [4.69, 9.17) is 4.74 Å². The second-order valence-corrected chi connectivity index (χ2v) is 10.3. The van der Waals surface area contributed by atoms with Gasteiger partial charge in [0.05, 0.1) is 13.2 Å². The molecule has 0 spiro atoms. The van der Waals surface area contributed by atoms with Crippen LogP contribution in [0.2, 0.25) is 0 Å². The van der Waals surface area contributed by atoms with Crippen molar-refractivity contribution >= 4 is 17.5 Å². The number of benzene rings is 2. The van der Waals surface area contributed by atoms with Crippen molar-refractivity contribution in [3.8, 4) is 0 Å². The van der Waals surface area contributed by atoms with Crippen LogP contribution < -0.4 is 10.2 Å². The van der Waals surface area contributed by atoms with Crippen molar-refractivity contribution in [2.75, 3.05) is 50.8 Å². The third kappa shape index (κ3) is 6.31. The minimum Gasteiger partial charge on any atom is -0.379 e. The number of nitrogens with one attached hydrogen (secondary N) is 1. The van der Waals surface area contributed by atoms with Crippen molar-refractivity contribution in [3.05, 3.63) is 64.5 Å². The van der Waals surface area contributed by atoms with Gasteiger partial charge in [-0.15, -0.1) is 0 Å². The summed E-state index contributed by atoms with van der Waals surface area (Å²) in [5, 5.41) is 3.03. The highest BCUT2D eigenvalue weighted by atomic mass is 19.1. The normalized spacial score (nSPS) is 21.0. The molecule has 2 aromatic rings. The van der Waals surface area contributed by atoms with Crippen molar-refractivity contribution in [1.82, 2.24) is 10.2 Å². The van der Waals surface area contributed by atoms with Gasteiger partial charge in [0.2, 0.25) is 5.91 Å². The second-order valence-electron chi connectivity index (χ2n) is 10.3. The number of carbonyl (C=O) groups is 2. The number of aryl methyl sites for hydroxylation is 2. The van der Waals surface area contributed by atoms with Crippen LogP contribution in [0.4, 0.5) is 10.1 Å². The average molecular weight is 496 g/mol. The van der Waals surface area contributed by atoms with E-state index in [-0.39, 0.29) is 29.5 Å². The van der Waals surface area contributed by atoms with Gasteiger partial charge in [-0.1, -0.05) is 25.1 Å². The molecule has 1 N–H and O–H groups in total. The lowest BCUT2D eigenvalue weighted by atomic mass is 9.84. The van der Waals surface area contributed by atoms with Gasteiger partial charge in [0.25, 0.3) is 5.91 Å². The van der Waals surface area contributed by atoms with Crippen LogP contribution in [0.25, 0.3) is 0 Å². The molecule has 2 amide bonds. The number of rotatable bonds is 8. The molecule has 0 aliphatic carbocycles. The van der Waals surface area contributed by atoms with E-state index in [9.17, 15) is 14.0 Å². The number of halogens is 1. The number of nitrogens with zero attached hydrogens (tertiary/aromatic N) is 2. The zero-order valence-corrected chi connectivity index (χ0v) is 21.7. The third-order valence-electron chi connectivity index (χ3n) is 7.35. The quantitative estimate of drug-likeness (QED) is 0.560. The molecule has 194 valence electrons. The zero-order valence-electron chi connectivity index (χ0n) is 21.7. The standard InChI is InChI=1S/C29H38FN3O3/c1-20-16-25(28(34)31-9-6-10-32-11-13-36-14-12-32)17-21(2)27(20)33-19-23(15-22(3)29(33)35)18-24-7-4-5-8-26(24)30/h4-5,7-8,16-17,22-23H,6,9-15,18-19H2,1-3H3,(H,31,34)/t22-,23-/m1/s1. The van der Waals surface area contributed by atoms with Gasteiger partial charge in [-0.05, 0) is 80.5 Å². The minimum atomic E-state index is -0.193. The number of amides is 2. The molecule has 6 nitrogen and oxygen atoms in total. The summed E-state index contributed by atoms with van der Waals surface area (Å²) in [4.78, 5) is 30.2. The Bertz CT molecular complexity index is 1060. The molecule has 0 radical (unpaired) electrons. The van der Waals surface area contributed by atoms with Crippen molar-refractivity contribution in [2.45, 2.75) is 40.0 Å². The van der Waals surface area contributed by atoms with Crippen LogP contribution in [0.1, 0.15) is 46.8 Å². The largest absolute Gasteiger partial charge is 0.379 e. The Morgan fingerprint density at radius 2 is 1.83 bits per heavy atom. The van der Waals surface area contributed by atoms with E-state index in [0.29, 0.717) is 30.6 Å². The number of morpholine rings is 1. The number of hydrogen-bond donors (Lipinski definition) is 1. The van der Waals surface area contributed by atoms with Crippen LogP contribution >= 0.6 is 0 Å². The molecular formula is C29H38FN3O3. The van der Waals surface area contributed by atoms with E-state index in [2.05, 4.69) is 10.2 Å². The molecule has 0 unspecified atom stereocenters. The fraction of sp³-hybridized carbons (Fsp3) is 0.517. The maximum absolute atomic E-state index is 14.3. The highest BCUT2D eigenvalue weighted by Gasteiger charge is 2.34. The minimum absolute atomic E-state index is 0.0892. The fourth-order valence-electron chi connectivity index (χ4n) is 5.56. The zero-order chi connectivity index (χ0) is 25.7. The molecule has 7 heteroatoms.